The highest BCUT2D eigenvalue weighted by molar-refractivity contribution is 7.92. The van der Waals surface area contributed by atoms with E-state index in [1.807, 2.05) is 36.9 Å². The number of carbonyl (C=O) groups is 2. The van der Waals surface area contributed by atoms with Crippen LogP contribution in [0.25, 0.3) is 0 Å². The zero-order valence-electron chi connectivity index (χ0n) is 21.5. The fourth-order valence-corrected chi connectivity index (χ4v) is 5.67. The quantitative estimate of drug-likeness (QED) is 0.468. The summed E-state index contributed by atoms with van der Waals surface area (Å²) >= 11 is 0. The fourth-order valence-electron chi connectivity index (χ4n) is 4.67. The van der Waals surface area contributed by atoms with Crippen LogP contribution in [0.4, 0.5) is 11.4 Å². The van der Waals surface area contributed by atoms with E-state index in [4.69, 9.17) is 0 Å². The summed E-state index contributed by atoms with van der Waals surface area (Å²) < 4.78 is 26.6. The molecule has 3 aromatic carbocycles. The molecule has 0 aromatic heterocycles. The number of hydrogen-bond acceptors (Lipinski definition) is 4. The molecule has 1 saturated heterocycles. The molecule has 4 rings (SSSR count). The minimum Gasteiger partial charge on any atom is -0.339 e. The van der Waals surface area contributed by atoms with Gasteiger partial charge in [0.25, 0.3) is 11.8 Å². The van der Waals surface area contributed by atoms with Crippen molar-refractivity contribution in [1.82, 2.24) is 4.90 Å². The molecule has 0 unspecified atom stereocenters. The molecule has 1 heterocycles. The van der Waals surface area contributed by atoms with Crippen LogP contribution >= 0.6 is 0 Å². The van der Waals surface area contributed by atoms with E-state index in [0.717, 1.165) is 49.0 Å². The van der Waals surface area contributed by atoms with Crippen LogP contribution in [0.5, 0.6) is 0 Å². The Morgan fingerprint density at radius 2 is 1.41 bits per heavy atom. The van der Waals surface area contributed by atoms with Gasteiger partial charge in [-0.15, -0.1) is 0 Å². The van der Waals surface area contributed by atoms with Gasteiger partial charge in [-0.2, -0.15) is 0 Å². The van der Waals surface area contributed by atoms with Crippen molar-refractivity contribution < 1.29 is 18.0 Å². The second-order valence-electron chi connectivity index (χ2n) is 9.59. The Kier molecular flexibility index (Phi) is 7.97. The molecule has 0 atom stereocenters. The van der Waals surface area contributed by atoms with E-state index in [0.29, 0.717) is 22.5 Å². The fraction of sp³-hybridized carbons (Fsp3) is 0.310. The Labute approximate surface area is 219 Å². The summed E-state index contributed by atoms with van der Waals surface area (Å²) in [5, 5.41) is 2.86. The summed E-state index contributed by atoms with van der Waals surface area (Å²) in [5.74, 6) is -0.256. The zero-order chi connectivity index (χ0) is 26.6. The molecule has 0 saturated carbocycles. The van der Waals surface area contributed by atoms with E-state index in [2.05, 4.69) is 5.32 Å². The monoisotopic (exact) mass is 519 g/mol. The van der Waals surface area contributed by atoms with Crippen LogP contribution in [0.15, 0.2) is 66.7 Å². The smallest absolute Gasteiger partial charge is 0.255 e. The number of hydrogen-bond donors (Lipinski definition) is 1. The predicted octanol–water partition coefficient (Wildman–Crippen LogP) is 5.15. The lowest BCUT2D eigenvalue weighted by Crippen LogP contribution is -2.35. The highest BCUT2D eigenvalue weighted by Crippen LogP contribution is 2.28. The van der Waals surface area contributed by atoms with Crippen LogP contribution in [-0.2, 0) is 16.6 Å². The molecule has 8 heteroatoms. The molecule has 7 nitrogen and oxygen atoms in total. The number of nitrogens with one attached hydrogen (secondary N) is 1. The van der Waals surface area contributed by atoms with Crippen molar-refractivity contribution in [3.05, 3.63) is 94.5 Å². The summed E-state index contributed by atoms with van der Waals surface area (Å²) in [6, 6.07) is 19.5. The first-order chi connectivity index (χ1) is 17.6. The Hall–Kier alpha value is -3.65. The van der Waals surface area contributed by atoms with Gasteiger partial charge >= 0.3 is 0 Å². The SMILES string of the molecule is Cc1cccc(C)c1N(Cc1ccc(C(=O)Nc2ccc(C(=O)N3CCCCC3)cc2)cc1)S(C)(=O)=O. The Morgan fingerprint density at radius 3 is 1.97 bits per heavy atom. The molecule has 0 spiro atoms. The normalized spacial score (nSPS) is 13.8. The van der Waals surface area contributed by atoms with Gasteiger partial charge in [0.2, 0.25) is 10.0 Å². The number of sulfonamides is 1. The van der Waals surface area contributed by atoms with Gasteiger partial charge in [0.15, 0.2) is 0 Å². The molecule has 1 aliphatic heterocycles. The number of nitrogens with zero attached hydrogens (tertiary/aromatic N) is 2. The van der Waals surface area contributed by atoms with Crippen LogP contribution in [0.3, 0.4) is 0 Å². The molecular formula is C29H33N3O4S. The molecule has 1 aliphatic rings. The van der Waals surface area contributed by atoms with Crippen LogP contribution in [0.2, 0.25) is 0 Å². The van der Waals surface area contributed by atoms with Gasteiger partial charge < -0.3 is 10.2 Å². The molecule has 1 fully saturated rings. The molecule has 194 valence electrons. The molecule has 0 bridgehead atoms. The van der Waals surface area contributed by atoms with Gasteiger partial charge in [-0.3, -0.25) is 13.9 Å². The van der Waals surface area contributed by atoms with Gasteiger partial charge in [-0.25, -0.2) is 8.42 Å². The highest BCUT2D eigenvalue weighted by Gasteiger charge is 2.22. The van der Waals surface area contributed by atoms with E-state index in [1.54, 1.807) is 48.5 Å². The minimum absolute atomic E-state index is 0.0252. The second-order valence-corrected chi connectivity index (χ2v) is 11.5. The maximum absolute atomic E-state index is 12.8. The Morgan fingerprint density at radius 1 is 0.838 bits per heavy atom. The van der Waals surface area contributed by atoms with Crippen LogP contribution in [-0.4, -0.2) is 44.5 Å². The third kappa shape index (κ3) is 6.38. The summed E-state index contributed by atoms with van der Waals surface area (Å²) in [5.41, 5.74) is 4.87. The third-order valence-electron chi connectivity index (χ3n) is 6.66. The lowest BCUT2D eigenvalue weighted by atomic mass is 10.1. The van der Waals surface area contributed by atoms with E-state index in [9.17, 15) is 18.0 Å². The topological polar surface area (TPSA) is 86.8 Å². The number of piperidine rings is 1. The first kappa shape index (κ1) is 26.4. The van der Waals surface area contributed by atoms with Crippen molar-refractivity contribution in [3.8, 4) is 0 Å². The van der Waals surface area contributed by atoms with Crippen molar-refractivity contribution in [2.24, 2.45) is 0 Å². The van der Waals surface area contributed by atoms with Gasteiger partial charge in [0, 0.05) is 29.9 Å². The molecular weight excluding hydrogens is 486 g/mol. The highest BCUT2D eigenvalue weighted by atomic mass is 32.2. The summed E-state index contributed by atoms with van der Waals surface area (Å²) in [6.07, 6.45) is 4.44. The van der Waals surface area contributed by atoms with Crippen LogP contribution in [0, 0.1) is 13.8 Å². The summed E-state index contributed by atoms with van der Waals surface area (Å²) in [7, 11) is -3.52. The number of anilines is 2. The molecule has 1 N–H and O–H groups in total. The van der Waals surface area contributed by atoms with E-state index in [-0.39, 0.29) is 18.4 Å². The van der Waals surface area contributed by atoms with Gasteiger partial charge in [-0.05, 0) is 86.2 Å². The number of benzene rings is 3. The van der Waals surface area contributed by atoms with E-state index >= 15 is 0 Å². The maximum atomic E-state index is 12.8. The van der Waals surface area contributed by atoms with Gasteiger partial charge in [-0.1, -0.05) is 30.3 Å². The lowest BCUT2D eigenvalue weighted by Gasteiger charge is -2.26. The first-order valence-electron chi connectivity index (χ1n) is 12.5. The number of carbonyl (C=O) groups excluding carboxylic acids is 2. The Bertz CT molecular complexity index is 1360. The van der Waals surface area contributed by atoms with Crippen LogP contribution in [0.1, 0.15) is 56.7 Å². The zero-order valence-corrected chi connectivity index (χ0v) is 22.3. The number of likely N-dealkylation sites (tertiary alicyclic amines) is 1. The molecule has 37 heavy (non-hydrogen) atoms. The van der Waals surface area contributed by atoms with Crippen molar-refractivity contribution in [2.45, 2.75) is 39.7 Å². The number of amides is 2. The lowest BCUT2D eigenvalue weighted by molar-refractivity contribution is 0.0724. The number of aryl methyl sites for hydroxylation is 2. The minimum atomic E-state index is -3.52. The maximum Gasteiger partial charge on any atom is 0.255 e. The first-order valence-corrected chi connectivity index (χ1v) is 14.3. The summed E-state index contributed by atoms with van der Waals surface area (Å²) in [4.78, 5) is 27.3. The van der Waals surface area contributed by atoms with Crippen LogP contribution < -0.4 is 9.62 Å². The molecule has 2 amide bonds. The van der Waals surface area contributed by atoms with Gasteiger partial charge in [0.1, 0.15) is 0 Å². The Balaban J connectivity index is 1.43. The predicted molar refractivity (Wildman–Crippen MR) is 148 cm³/mol. The van der Waals surface area contributed by atoms with Crippen molar-refractivity contribution in [3.63, 3.8) is 0 Å². The number of rotatable bonds is 7. The molecule has 0 aliphatic carbocycles. The third-order valence-corrected chi connectivity index (χ3v) is 7.78. The van der Waals surface area contributed by atoms with Crippen molar-refractivity contribution in [1.29, 1.82) is 0 Å². The standard InChI is InChI=1S/C29H33N3O4S/c1-21-8-7-9-22(2)27(21)32(37(3,35)36)20-23-10-12-24(13-11-23)28(33)30-26-16-14-25(15-17-26)29(34)31-18-5-4-6-19-31/h7-17H,4-6,18-20H2,1-3H3,(H,30,33). The van der Waals surface area contributed by atoms with E-state index < -0.39 is 10.0 Å². The van der Waals surface area contributed by atoms with Gasteiger partial charge in [0.05, 0.1) is 18.5 Å². The second kappa shape index (κ2) is 11.2. The molecule has 0 radical (unpaired) electrons. The molecule has 3 aromatic rings. The van der Waals surface area contributed by atoms with E-state index in [1.165, 1.54) is 10.6 Å². The van der Waals surface area contributed by atoms with Crippen molar-refractivity contribution >= 4 is 33.2 Å². The largest absolute Gasteiger partial charge is 0.339 e. The average Bonchev–Trinajstić information content (AvgIpc) is 2.88. The van der Waals surface area contributed by atoms with Crippen molar-refractivity contribution in [2.75, 3.05) is 29.0 Å². The number of para-hydroxylation sites is 1. The summed E-state index contributed by atoms with van der Waals surface area (Å²) in [6.45, 7) is 5.53. The average molecular weight is 520 g/mol.